The van der Waals surface area contributed by atoms with Gasteiger partial charge < -0.3 is 15.8 Å². The molecule has 0 bridgehead atoms. The lowest BCUT2D eigenvalue weighted by Gasteiger charge is -2.52. The Bertz CT molecular complexity index is 263. The standard InChI is InChI=1S/C16H34N2O/c1-6-19-14-12-13(16(14,4)5)18-11-7-8-15(2,3)9-10-17/h13-14,18H,6-12,17H2,1-5H3. The van der Waals surface area contributed by atoms with Gasteiger partial charge in [0.15, 0.2) is 0 Å². The Hall–Kier alpha value is -0.120. The normalized spacial score (nSPS) is 26.2. The van der Waals surface area contributed by atoms with E-state index in [9.17, 15) is 0 Å². The summed E-state index contributed by atoms with van der Waals surface area (Å²) >= 11 is 0. The van der Waals surface area contributed by atoms with Crippen molar-refractivity contribution in [2.24, 2.45) is 16.6 Å². The minimum Gasteiger partial charge on any atom is -0.378 e. The fourth-order valence-corrected chi connectivity index (χ4v) is 3.07. The molecule has 3 heteroatoms. The predicted molar refractivity (Wildman–Crippen MR) is 82.3 cm³/mol. The molecule has 1 aliphatic rings. The molecule has 1 saturated carbocycles. The fourth-order valence-electron chi connectivity index (χ4n) is 3.07. The van der Waals surface area contributed by atoms with E-state index in [-0.39, 0.29) is 5.41 Å². The van der Waals surface area contributed by atoms with E-state index in [4.69, 9.17) is 10.5 Å². The van der Waals surface area contributed by atoms with E-state index in [1.807, 2.05) is 0 Å². The third kappa shape index (κ3) is 4.73. The van der Waals surface area contributed by atoms with Gasteiger partial charge in [-0.2, -0.15) is 0 Å². The van der Waals surface area contributed by atoms with Gasteiger partial charge in [0.2, 0.25) is 0 Å². The highest BCUT2D eigenvalue weighted by atomic mass is 16.5. The molecule has 0 spiro atoms. The number of nitrogens with one attached hydrogen (secondary N) is 1. The van der Waals surface area contributed by atoms with Crippen LogP contribution in [0.4, 0.5) is 0 Å². The van der Waals surface area contributed by atoms with E-state index in [1.165, 1.54) is 12.8 Å². The van der Waals surface area contributed by atoms with E-state index in [1.54, 1.807) is 0 Å². The summed E-state index contributed by atoms with van der Waals surface area (Å²) in [6, 6.07) is 0.613. The quantitative estimate of drug-likeness (QED) is 0.633. The molecule has 0 aliphatic heterocycles. The number of nitrogens with two attached hydrogens (primary N) is 1. The van der Waals surface area contributed by atoms with E-state index in [0.717, 1.165) is 32.5 Å². The minimum absolute atomic E-state index is 0.281. The highest BCUT2D eigenvalue weighted by Crippen LogP contribution is 2.42. The van der Waals surface area contributed by atoms with Crippen molar-refractivity contribution in [1.29, 1.82) is 0 Å². The molecule has 19 heavy (non-hydrogen) atoms. The number of hydrogen-bond acceptors (Lipinski definition) is 3. The molecule has 0 amide bonds. The van der Waals surface area contributed by atoms with Gasteiger partial charge >= 0.3 is 0 Å². The SMILES string of the molecule is CCOC1CC(NCCCC(C)(C)CCN)C1(C)C. The molecule has 2 atom stereocenters. The maximum absolute atomic E-state index is 5.76. The van der Waals surface area contributed by atoms with Crippen molar-refractivity contribution in [2.45, 2.75) is 72.4 Å². The van der Waals surface area contributed by atoms with E-state index in [0.29, 0.717) is 17.6 Å². The van der Waals surface area contributed by atoms with Crippen LogP contribution in [0.25, 0.3) is 0 Å². The van der Waals surface area contributed by atoms with Crippen molar-refractivity contribution in [2.75, 3.05) is 19.7 Å². The van der Waals surface area contributed by atoms with Crippen molar-refractivity contribution < 1.29 is 4.74 Å². The van der Waals surface area contributed by atoms with Gasteiger partial charge in [-0.15, -0.1) is 0 Å². The number of hydrogen-bond donors (Lipinski definition) is 2. The van der Waals surface area contributed by atoms with Crippen LogP contribution in [0.3, 0.4) is 0 Å². The Kier molecular flexibility index (Phi) is 6.28. The molecule has 114 valence electrons. The summed E-state index contributed by atoms with van der Waals surface area (Å²) in [7, 11) is 0. The molecule has 2 unspecified atom stereocenters. The Morgan fingerprint density at radius 3 is 2.53 bits per heavy atom. The van der Waals surface area contributed by atoms with Crippen molar-refractivity contribution in [1.82, 2.24) is 5.32 Å². The average Bonchev–Trinajstić information content (AvgIpc) is 2.31. The van der Waals surface area contributed by atoms with Crippen molar-refractivity contribution in [3.05, 3.63) is 0 Å². The van der Waals surface area contributed by atoms with Gasteiger partial charge in [0, 0.05) is 18.1 Å². The second-order valence-electron chi connectivity index (χ2n) is 7.31. The molecule has 1 rings (SSSR count). The molecule has 0 aromatic heterocycles. The fraction of sp³-hybridized carbons (Fsp3) is 1.00. The molecule has 0 saturated heterocycles. The lowest BCUT2D eigenvalue weighted by atomic mass is 9.64. The molecule has 1 aliphatic carbocycles. The highest BCUT2D eigenvalue weighted by molar-refractivity contribution is 5.02. The summed E-state index contributed by atoms with van der Waals surface area (Å²) in [6.45, 7) is 14.1. The van der Waals surface area contributed by atoms with Crippen LogP contribution >= 0.6 is 0 Å². The number of rotatable bonds is 9. The summed E-state index contributed by atoms with van der Waals surface area (Å²) in [5, 5.41) is 3.70. The smallest absolute Gasteiger partial charge is 0.0655 e. The van der Waals surface area contributed by atoms with E-state index in [2.05, 4.69) is 39.9 Å². The minimum atomic E-state index is 0.281. The highest BCUT2D eigenvalue weighted by Gasteiger charge is 2.48. The lowest BCUT2D eigenvalue weighted by Crippen LogP contribution is -2.61. The third-order valence-corrected chi connectivity index (χ3v) is 4.79. The maximum atomic E-state index is 5.76. The van der Waals surface area contributed by atoms with Crippen molar-refractivity contribution in [3.8, 4) is 0 Å². The summed E-state index contributed by atoms with van der Waals surface area (Å²) < 4.78 is 5.76. The van der Waals surface area contributed by atoms with Gasteiger partial charge in [0.05, 0.1) is 6.10 Å². The molecule has 3 N–H and O–H groups in total. The topological polar surface area (TPSA) is 47.3 Å². The monoisotopic (exact) mass is 270 g/mol. The molecule has 0 heterocycles. The summed E-state index contributed by atoms with van der Waals surface area (Å²) in [6.07, 6.45) is 5.20. The van der Waals surface area contributed by atoms with Crippen LogP contribution in [0, 0.1) is 10.8 Å². The molecular weight excluding hydrogens is 236 g/mol. The van der Waals surface area contributed by atoms with Gasteiger partial charge in [0.1, 0.15) is 0 Å². The first-order valence-corrected chi connectivity index (χ1v) is 7.88. The van der Waals surface area contributed by atoms with Crippen molar-refractivity contribution in [3.63, 3.8) is 0 Å². The largest absolute Gasteiger partial charge is 0.378 e. The van der Waals surface area contributed by atoms with Crippen LogP contribution in [0.2, 0.25) is 0 Å². The van der Waals surface area contributed by atoms with Crippen molar-refractivity contribution >= 4 is 0 Å². The molecular formula is C16H34N2O. The summed E-state index contributed by atoms with van der Waals surface area (Å²) in [4.78, 5) is 0. The second-order valence-corrected chi connectivity index (χ2v) is 7.31. The molecule has 0 aromatic rings. The maximum Gasteiger partial charge on any atom is 0.0655 e. The zero-order valence-electron chi connectivity index (χ0n) is 13.6. The Morgan fingerprint density at radius 1 is 1.32 bits per heavy atom. The first kappa shape index (κ1) is 16.9. The average molecular weight is 270 g/mol. The van der Waals surface area contributed by atoms with Crippen LogP contribution in [-0.2, 0) is 4.74 Å². The Labute approximate surface area is 119 Å². The van der Waals surface area contributed by atoms with Gasteiger partial charge in [-0.25, -0.2) is 0 Å². The van der Waals surface area contributed by atoms with Gasteiger partial charge in [-0.3, -0.25) is 0 Å². The molecule has 0 aromatic carbocycles. The van der Waals surface area contributed by atoms with E-state index < -0.39 is 0 Å². The zero-order valence-corrected chi connectivity index (χ0v) is 13.6. The molecule has 0 radical (unpaired) electrons. The van der Waals surface area contributed by atoms with Crippen LogP contribution in [0.5, 0.6) is 0 Å². The summed E-state index contributed by atoms with van der Waals surface area (Å²) in [5.74, 6) is 0. The first-order chi connectivity index (χ1) is 8.83. The Morgan fingerprint density at radius 2 is 2.00 bits per heavy atom. The van der Waals surface area contributed by atoms with Gasteiger partial charge in [-0.1, -0.05) is 27.7 Å². The molecule has 3 nitrogen and oxygen atoms in total. The molecule has 1 fully saturated rings. The number of ether oxygens (including phenoxy) is 1. The zero-order chi connectivity index (χ0) is 14.5. The first-order valence-electron chi connectivity index (χ1n) is 7.88. The third-order valence-electron chi connectivity index (χ3n) is 4.79. The van der Waals surface area contributed by atoms with Gasteiger partial charge in [-0.05, 0) is 51.1 Å². The second kappa shape index (κ2) is 7.05. The van der Waals surface area contributed by atoms with Crippen LogP contribution in [0.1, 0.15) is 60.3 Å². The van der Waals surface area contributed by atoms with Crippen LogP contribution in [0.15, 0.2) is 0 Å². The Balaban J connectivity index is 2.18. The predicted octanol–water partition coefficient (Wildman–Crippen LogP) is 2.93. The van der Waals surface area contributed by atoms with E-state index >= 15 is 0 Å². The van der Waals surface area contributed by atoms with Crippen LogP contribution in [-0.4, -0.2) is 31.8 Å². The van der Waals surface area contributed by atoms with Gasteiger partial charge in [0.25, 0.3) is 0 Å². The van der Waals surface area contributed by atoms with Crippen LogP contribution < -0.4 is 11.1 Å². The summed E-state index contributed by atoms with van der Waals surface area (Å²) in [5.41, 5.74) is 6.32. The lowest BCUT2D eigenvalue weighted by molar-refractivity contribution is -0.114.